The molecule has 0 aliphatic carbocycles. The van der Waals surface area contributed by atoms with Crippen LogP contribution in [0.2, 0.25) is 0 Å². The lowest BCUT2D eigenvalue weighted by atomic mass is 9.98. The van der Waals surface area contributed by atoms with Crippen LogP contribution in [0.1, 0.15) is 43.7 Å². The summed E-state index contributed by atoms with van der Waals surface area (Å²) in [4.78, 5) is 2.68. The molecule has 2 rings (SSSR count). The highest BCUT2D eigenvalue weighted by Crippen LogP contribution is 2.20. The number of nitrogens with two attached hydrogens (primary N) is 1. The van der Waals surface area contributed by atoms with Crippen molar-refractivity contribution in [2.45, 2.75) is 51.6 Å². The van der Waals surface area contributed by atoms with E-state index < -0.39 is 0 Å². The van der Waals surface area contributed by atoms with Crippen molar-refractivity contribution in [2.24, 2.45) is 5.73 Å². The standard InChI is InChI=1S/C16H26N2/c1-2-16-9-5-6-11-18(16)12-10-14-7-3-4-8-15(14)13-17/h3-4,7-8,16H,2,5-6,9-13,17H2,1H3. The maximum atomic E-state index is 5.80. The van der Waals surface area contributed by atoms with Crippen molar-refractivity contribution in [3.63, 3.8) is 0 Å². The van der Waals surface area contributed by atoms with Crippen LogP contribution in [0.4, 0.5) is 0 Å². The minimum atomic E-state index is 0.660. The molecule has 0 bridgehead atoms. The summed E-state index contributed by atoms with van der Waals surface area (Å²) in [5.41, 5.74) is 8.54. The van der Waals surface area contributed by atoms with E-state index in [1.54, 1.807) is 0 Å². The highest BCUT2D eigenvalue weighted by molar-refractivity contribution is 5.27. The third-order valence-corrected chi connectivity index (χ3v) is 4.23. The lowest BCUT2D eigenvalue weighted by molar-refractivity contribution is 0.146. The van der Waals surface area contributed by atoms with E-state index in [0.29, 0.717) is 6.54 Å². The van der Waals surface area contributed by atoms with Gasteiger partial charge in [0.1, 0.15) is 0 Å². The lowest BCUT2D eigenvalue weighted by Crippen LogP contribution is -2.40. The molecule has 18 heavy (non-hydrogen) atoms. The first-order valence-electron chi connectivity index (χ1n) is 7.36. The Morgan fingerprint density at radius 2 is 2.00 bits per heavy atom. The largest absolute Gasteiger partial charge is 0.326 e. The smallest absolute Gasteiger partial charge is 0.0180 e. The number of hydrogen-bond donors (Lipinski definition) is 1. The molecule has 1 fully saturated rings. The van der Waals surface area contributed by atoms with Gasteiger partial charge in [-0.05, 0) is 43.4 Å². The third kappa shape index (κ3) is 3.33. The Bertz CT molecular complexity index is 362. The van der Waals surface area contributed by atoms with Crippen LogP contribution in [-0.4, -0.2) is 24.0 Å². The summed E-state index contributed by atoms with van der Waals surface area (Å²) < 4.78 is 0. The molecule has 0 amide bonds. The van der Waals surface area contributed by atoms with Crippen LogP contribution < -0.4 is 5.73 Å². The van der Waals surface area contributed by atoms with Crippen LogP contribution >= 0.6 is 0 Å². The molecule has 1 aliphatic heterocycles. The molecule has 1 unspecified atom stereocenters. The van der Waals surface area contributed by atoms with Crippen molar-refractivity contribution in [3.05, 3.63) is 35.4 Å². The molecule has 1 aromatic rings. The van der Waals surface area contributed by atoms with Gasteiger partial charge in [-0.25, -0.2) is 0 Å². The van der Waals surface area contributed by atoms with Crippen LogP contribution in [0.15, 0.2) is 24.3 Å². The molecular formula is C16H26N2. The Morgan fingerprint density at radius 1 is 1.22 bits per heavy atom. The molecule has 1 heterocycles. The predicted molar refractivity (Wildman–Crippen MR) is 77.5 cm³/mol. The monoisotopic (exact) mass is 246 g/mol. The highest BCUT2D eigenvalue weighted by atomic mass is 15.2. The minimum absolute atomic E-state index is 0.660. The number of nitrogens with zero attached hydrogens (tertiary/aromatic N) is 1. The summed E-state index contributed by atoms with van der Waals surface area (Å²) in [7, 11) is 0. The number of hydrogen-bond acceptors (Lipinski definition) is 2. The predicted octanol–water partition coefficient (Wildman–Crippen LogP) is 2.95. The van der Waals surface area contributed by atoms with Crippen molar-refractivity contribution in [3.8, 4) is 0 Å². The number of piperidine rings is 1. The molecule has 2 nitrogen and oxygen atoms in total. The quantitative estimate of drug-likeness (QED) is 0.865. The number of rotatable bonds is 5. The van der Waals surface area contributed by atoms with E-state index in [0.717, 1.165) is 12.5 Å². The van der Waals surface area contributed by atoms with Gasteiger partial charge < -0.3 is 10.6 Å². The Labute approximate surface area is 111 Å². The average molecular weight is 246 g/mol. The zero-order valence-corrected chi connectivity index (χ0v) is 11.6. The molecule has 1 aliphatic rings. The van der Waals surface area contributed by atoms with Gasteiger partial charge in [-0.2, -0.15) is 0 Å². The second kappa shape index (κ2) is 6.91. The van der Waals surface area contributed by atoms with E-state index in [1.807, 2.05) is 0 Å². The van der Waals surface area contributed by atoms with Crippen LogP contribution in [0, 0.1) is 0 Å². The van der Waals surface area contributed by atoms with Gasteiger partial charge in [-0.15, -0.1) is 0 Å². The first kappa shape index (κ1) is 13.6. The molecule has 100 valence electrons. The summed E-state index contributed by atoms with van der Waals surface area (Å²) in [6.07, 6.45) is 6.60. The van der Waals surface area contributed by atoms with Gasteiger partial charge in [0.2, 0.25) is 0 Å². The molecule has 0 radical (unpaired) electrons. The van der Waals surface area contributed by atoms with E-state index in [4.69, 9.17) is 5.73 Å². The van der Waals surface area contributed by atoms with E-state index >= 15 is 0 Å². The maximum absolute atomic E-state index is 5.80. The fourth-order valence-corrected chi connectivity index (χ4v) is 3.08. The van der Waals surface area contributed by atoms with Crippen LogP contribution in [0.25, 0.3) is 0 Å². The molecule has 1 atom stereocenters. The molecule has 2 heteroatoms. The third-order valence-electron chi connectivity index (χ3n) is 4.23. The minimum Gasteiger partial charge on any atom is -0.326 e. The second-order valence-corrected chi connectivity index (χ2v) is 5.32. The summed E-state index contributed by atoms with van der Waals surface area (Å²) in [5.74, 6) is 0. The summed E-state index contributed by atoms with van der Waals surface area (Å²) in [5, 5.41) is 0. The van der Waals surface area contributed by atoms with Gasteiger partial charge in [-0.3, -0.25) is 0 Å². The average Bonchev–Trinajstić information content (AvgIpc) is 2.45. The first-order chi connectivity index (χ1) is 8.85. The molecule has 0 aromatic heterocycles. The van der Waals surface area contributed by atoms with Gasteiger partial charge in [0.15, 0.2) is 0 Å². The zero-order chi connectivity index (χ0) is 12.8. The van der Waals surface area contributed by atoms with Crippen molar-refractivity contribution >= 4 is 0 Å². The Hall–Kier alpha value is -0.860. The summed E-state index contributed by atoms with van der Waals surface area (Å²) in [6.45, 7) is 5.45. The van der Waals surface area contributed by atoms with Crippen molar-refractivity contribution in [1.82, 2.24) is 4.90 Å². The molecule has 0 saturated carbocycles. The molecule has 1 aromatic carbocycles. The first-order valence-corrected chi connectivity index (χ1v) is 7.36. The fraction of sp³-hybridized carbons (Fsp3) is 0.625. The molecule has 0 spiro atoms. The Morgan fingerprint density at radius 3 is 2.72 bits per heavy atom. The van der Waals surface area contributed by atoms with Gasteiger partial charge in [0.05, 0.1) is 0 Å². The maximum Gasteiger partial charge on any atom is 0.0180 e. The lowest BCUT2D eigenvalue weighted by Gasteiger charge is -2.35. The summed E-state index contributed by atoms with van der Waals surface area (Å²) in [6, 6.07) is 9.41. The summed E-state index contributed by atoms with van der Waals surface area (Å²) >= 11 is 0. The van der Waals surface area contributed by atoms with Crippen molar-refractivity contribution in [1.29, 1.82) is 0 Å². The fourth-order valence-electron chi connectivity index (χ4n) is 3.08. The van der Waals surface area contributed by atoms with Gasteiger partial charge >= 0.3 is 0 Å². The number of likely N-dealkylation sites (tertiary alicyclic amines) is 1. The highest BCUT2D eigenvalue weighted by Gasteiger charge is 2.20. The van der Waals surface area contributed by atoms with Gasteiger partial charge in [0.25, 0.3) is 0 Å². The number of benzene rings is 1. The van der Waals surface area contributed by atoms with E-state index in [1.165, 1.54) is 49.9 Å². The molecule has 1 saturated heterocycles. The Kier molecular flexibility index (Phi) is 5.21. The second-order valence-electron chi connectivity index (χ2n) is 5.32. The Balaban J connectivity index is 1.93. The van der Waals surface area contributed by atoms with E-state index in [2.05, 4.69) is 36.1 Å². The van der Waals surface area contributed by atoms with E-state index in [9.17, 15) is 0 Å². The van der Waals surface area contributed by atoms with Gasteiger partial charge in [-0.1, -0.05) is 37.6 Å². The normalized spacial score (nSPS) is 21.1. The van der Waals surface area contributed by atoms with E-state index in [-0.39, 0.29) is 0 Å². The van der Waals surface area contributed by atoms with Crippen LogP contribution in [0.3, 0.4) is 0 Å². The zero-order valence-electron chi connectivity index (χ0n) is 11.6. The topological polar surface area (TPSA) is 29.3 Å². The van der Waals surface area contributed by atoms with Crippen molar-refractivity contribution in [2.75, 3.05) is 13.1 Å². The van der Waals surface area contributed by atoms with Gasteiger partial charge in [0, 0.05) is 19.1 Å². The molecule has 2 N–H and O–H groups in total. The van der Waals surface area contributed by atoms with Crippen molar-refractivity contribution < 1.29 is 0 Å². The van der Waals surface area contributed by atoms with Crippen LogP contribution in [0.5, 0.6) is 0 Å². The van der Waals surface area contributed by atoms with Crippen LogP contribution in [-0.2, 0) is 13.0 Å². The molecular weight excluding hydrogens is 220 g/mol. The SMILES string of the molecule is CCC1CCCCN1CCc1ccccc1CN.